The smallest absolute Gasteiger partial charge is 0.237 e. The average molecular weight is 382 g/mol. The molecule has 1 aromatic heterocycles. The van der Waals surface area contributed by atoms with Crippen LogP contribution in [0.25, 0.3) is 0 Å². The number of benzene rings is 1. The summed E-state index contributed by atoms with van der Waals surface area (Å²) in [6.45, 7) is 6.50. The second-order valence-electron chi connectivity index (χ2n) is 8.65. The van der Waals surface area contributed by atoms with Crippen LogP contribution >= 0.6 is 0 Å². The van der Waals surface area contributed by atoms with Crippen LogP contribution in [-0.2, 0) is 18.4 Å². The van der Waals surface area contributed by atoms with Crippen molar-refractivity contribution in [1.29, 1.82) is 0 Å². The summed E-state index contributed by atoms with van der Waals surface area (Å²) >= 11 is 0. The highest BCUT2D eigenvalue weighted by Crippen LogP contribution is 2.46. The van der Waals surface area contributed by atoms with Crippen molar-refractivity contribution in [3.8, 4) is 0 Å². The minimum absolute atomic E-state index is 0.176. The zero-order valence-electron chi connectivity index (χ0n) is 17.4. The SMILES string of the molecule is Cc1ccccc1[C@H]1[C@@H]2CN(Cc3ccnn3C)C[C@@H]2CN1C(=O)CN(C)C. The van der Waals surface area contributed by atoms with Crippen molar-refractivity contribution in [1.82, 2.24) is 24.5 Å². The number of likely N-dealkylation sites (N-methyl/N-ethyl adjacent to an activating group) is 1. The fraction of sp³-hybridized carbons (Fsp3) is 0.545. The maximum absolute atomic E-state index is 13.0. The summed E-state index contributed by atoms with van der Waals surface area (Å²) in [5.74, 6) is 1.26. The molecule has 2 saturated heterocycles. The lowest BCUT2D eigenvalue weighted by Crippen LogP contribution is -2.40. The number of aryl methyl sites for hydroxylation is 2. The van der Waals surface area contributed by atoms with Crippen LogP contribution in [0.4, 0.5) is 0 Å². The molecule has 0 saturated carbocycles. The third-order valence-electron chi connectivity index (χ3n) is 6.33. The number of likely N-dealkylation sites (tertiary alicyclic amines) is 2. The molecule has 0 bridgehead atoms. The first kappa shape index (κ1) is 19.2. The number of aromatic nitrogens is 2. The predicted molar refractivity (Wildman–Crippen MR) is 110 cm³/mol. The second-order valence-corrected chi connectivity index (χ2v) is 8.65. The zero-order chi connectivity index (χ0) is 19.8. The van der Waals surface area contributed by atoms with E-state index >= 15 is 0 Å². The molecule has 150 valence electrons. The molecular weight excluding hydrogens is 350 g/mol. The van der Waals surface area contributed by atoms with Gasteiger partial charge >= 0.3 is 0 Å². The quantitative estimate of drug-likeness (QED) is 0.794. The van der Waals surface area contributed by atoms with Gasteiger partial charge in [0.05, 0.1) is 18.3 Å². The Hall–Kier alpha value is -2.18. The van der Waals surface area contributed by atoms with E-state index in [1.807, 2.05) is 36.9 Å². The summed E-state index contributed by atoms with van der Waals surface area (Å²) in [5.41, 5.74) is 3.83. The number of fused-ring (bicyclic) bond motifs is 1. The van der Waals surface area contributed by atoms with Gasteiger partial charge in [-0.1, -0.05) is 24.3 Å². The van der Waals surface area contributed by atoms with Crippen LogP contribution in [0.1, 0.15) is 22.9 Å². The average Bonchev–Trinajstić information content (AvgIpc) is 3.30. The molecule has 2 aliphatic heterocycles. The van der Waals surface area contributed by atoms with Crippen molar-refractivity contribution in [2.75, 3.05) is 40.3 Å². The van der Waals surface area contributed by atoms with Crippen LogP contribution < -0.4 is 0 Å². The fourth-order valence-corrected chi connectivity index (χ4v) is 4.99. The molecule has 3 atom stereocenters. The summed E-state index contributed by atoms with van der Waals surface area (Å²) < 4.78 is 1.96. The Kier molecular flexibility index (Phi) is 5.25. The molecule has 28 heavy (non-hydrogen) atoms. The first-order valence-corrected chi connectivity index (χ1v) is 10.1. The summed E-state index contributed by atoms with van der Waals surface area (Å²) in [6.07, 6.45) is 1.87. The van der Waals surface area contributed by atoms with Crippen LogP contribution in [0, 0.1) is 18.8 Å². The van der Waals surface area contributed by atoms with E-state index in [0.29, 0.717) is 18.4 Å². The van der Waals surface area contributed by atoms with E-state index in [4.69, 9.17) is 0 Å². The maximum atomic E-state index is 13.0. The Bertz CT molecular complexity index is 845. The zero-order valence-corrected chi connectivity index (χ0v) is 17.4. The Balaban J connectivity index is 1.58. The maximum Gasteiger partial charge on any atom is 0.237 e. The van der Waals surface area contributed by atoms with E-state index in [9.17, 15) is 4.79 Å². The van der Waals surface area contributed by atoms with E-state index < -0.39 is 0 Å². The van der Waals surface area contributed by atoms with Gasteiger partial charge in [-0.2, -0.15) is 5.10 Å². The molecule has 4 rings (SSSR count). The molecular formula is C22H31N5O. The molecule has 6 heteroatoms. The Morgan fingerprint density at radius 3 is 2.64 bits per heavy atom. The lowest BCUT2D eigenvalue weighted by molar-refractivity contribution is -0.133. The van der Waals surface area contributed by atoms with Crippen molar-refractivity contribution in [2.45, 2.75) is 19.5 Å². The first-order valence-electron chi connectivity index (χ1n) is 10.1. The minimum atomic E-state index is 0.176. The lowest BCUT2D eigenvalue weighted by Gasteiger charge is -2.31. The Labute approximate surface area is 167 Å². The molecule has 6 nitrogen and oxygen atoms in total. The van der Waals surface area contributed by atoms with Crippen molar-refractivity contribution >= 4 is 5.91 Å². The molecule has 0 N–H and O–H groups in total. The van der Waals surface area contributed by atoms with Gasteiger partial charge in [-0.3, -0.25) is 14.4 Å². The Morgan fingerprint density at radius 2 is 1.96 bits per heavy atom. The van der Waals surface area contributed by atoms with Crippen molar-refractivity contribution < 1.29 is 4.79 Å². The van der Waals surface area contributed by atoms with Gasteiger partial charge in [0.25, 0.3) is 0 Å². The Morgan fingerprint density at radius 1 is 1.18 bits per heavy atom. The van der Waals surface area contributed by atoms with Gasteiger partial charge < -0.3 is 9.80 Å². The highest BCUT2D eigenvalue weighted by atomic mass is 16.2. The second kappa shape index (κ2) is 7.68. The number of amides is 1. The van der Waals surface area contributed by atoms with Crippen LogP contribution in [0.15, 0.2) is 36.5 Å². The van der Waals surface area contributed by atoms with Crippen molar-refractivity contribution in [3.63, 3.8) is 0 Å². The fourth-order valence-electron chi connectivity index (χ4n) is 4.99. The topological polar surface area (TPSA) is 44.6 Å². The molecule has 1 aromatic carbocycles. The molecule has 2 aliphatic rings. The highest BCUT2D eigenvalue weighted by molar-refractivity contribution is 5.79. The number of hydrogen-bond acceptors (Lipinski definition) is 4. The van der Waals surface area contributed by atoms with Gasteiger partial charge in [0.1, 0.15) is 0 Å². The number of nitrogens with zero attached hydrogens (tertiary/aromatic N) is 5. The molecule has 2 aromatic rings. The monoisotopic (exact) mass is 381 g/mol. The van der Waals surface area contributed by atoms with Crippen molar-refractivity contribution in [3.05, 3.63) is 53.3 Å². The molecule has 0 radical (unpaired) electrons. The van der Waals surface area contributed by atoms with Crippen LogP contribution in [0.5, 0.6) is 0 Å². The van der Waals surface area contributed by atoms with Gasteiger partial charge in [0, 0.05) is 45.3 Å². The first-order chi connectivity index (χ1) is 13.4. The normalized spacial score (nSPS) is 24.9. The van der Waals surface area contributed by atoms with Crippen LogP contribution in [0.3, 0.4) is 0 Å². The van der Waals surface area contributed by atoms with Crippen molar-refractivity contribution in [2.24, 2.45) is 18.9 Å². The van der Waals surface area contributed by atoms with Gasteiger partial charge in [-0.25, -0.2) is 0 Å². The highest BCUT2D eigenvalue weighted by Gasteiger charge is 2.49. The number of carbonyl (C=O) groups is 1. The van der Waals surface area contributed by atoms with Gasteiger partial charge in [0.15, 0.2) is 0 Å². The minimum Gasteiger partial charge on any atom is -0.334 e. The summed E-state index contributed by atoms with van der Waals surface area (Å²) in [6, 6.07) is 10.8. The molecule has 2 fully saturated rings. The summed E-state index contributed by atoms with van der Waals surface area (Å²) in [4.78, 5) is 19.7. The van der Waals surface area contributed by atoms with E-state index in [2.05, 4.69) is 52.2 Å². The third-order valence-corrected chi connectivity index (χ3v) is 6.33. The lowest BCUT2D eigenvalue weighted by atomic mass is 9.87. The summed E-state index contributed by atoms with van der Waals surface area (Å²) in [7, 11) is 5.93. The standard InChI is InChI=1S/C22H31N5O/c1-16-7-5-6-8-19(16)22-20-14-26(13-18-9-10-23-25(18)4)11-17(20)12-27(22)21(28)15-24(2)3/h5-10,17,20,22H,11-15H2,1-4H3/t17-,20-,22+/m1/s1. The van der Waals surface area contributed by atoms with Gasteiger partial charge in [-0.05, 0) is 44.1 Å². The van der Waals surface area contributed by atoms with Gasteiger partial charge in [-0.15, -0.1) is 0 Å². The molecule has 1 amide bonds. The number of carbonyl (C=O) groups excluding carboxylic acids is 1. The molecule has 0 spiro atoms. The number of rotatable bonds is 5. The largest absolute Gasteiger partial charge is 0.334 e. The van der Waals surface area contributed by atoms with Crippen LogP contribution in [0.2, 0.25) is 0 Å². The molecule has 0 unspecified atom stereocenters. The summed E-state index contributed by atoms with van der Waals surface area (Å²) in [5, 5.41) is 4.30. The predicted octanol–water partition coefficient (Wildman–Crippen LogP) is 1.92. The van der Waals surface area contributed by atoms with E-state index in [1.165, 1.54) is 16.8 Å². The van der Waals surface area contributed by atoms with E-state index in [1.54, 1.807) is 0 Å². The van der Waals surface area contributed by atoms with Gasteiger partial charge in [0.2, 0.25) is 5.91 Å². The van der Waals surface area contributed by atoms with E-state index in [-0.39, 0.29) is 11.9 Å². The third kappa shape index (κ3) is 3.59. The number of hydrogen-bond donors (Lipinski definition) is 0. The van der Waals surface area contributed by atoms with E-state index in [0.717, 1.165) is 26.2 Å². The van der Waals surface area contributed by atoms with Crippen LogP contribution in [-0.4, -0.2) is 70.7 Å². The molecule has 3 heterocycles. The molecule has 0 aliphatic carbocycles.